The number of hydrogen-bond acceptors (Lipinski definition) is 5. The van der Waals surface area contributed by atoms with Gasteiger partial charge in [0, 0.05) is 19.3 Å². The van der Waals surface area contributed by atoms with Gasteiger partial charge in [-0.3, -0.25) is 0 Å². The number of nitrogens with one attached hydrogen (secondary N) is 1. The van der Waals surface area contributed by atoms with Gasteiger partial charge < -0.3 is 15.6 Å². The molecule has 0 heterocycles. The Balaban J connectivity index is 2.95. The van der Waals surface area contributed by atoms with Crippen LogP contribution in [0, 0.1) is 11.6 Å². The van der Waals surface area contributed by atoms with E-state index >= 15 is 0 Å². The van der Waals surface area contributed by atoms with Crippen LogP contribution in [0.5, 0.6) is 0 Å². The molecule has 0 aliphatic rings. The van der Waals surface area contributed by atoms with E-state index in [2.05, 4.69) is 4.74 Å². The van der Waals surface area contributed by atoms with E-state index < -0.39 is 39.2 Å². The average molecular weight is 296 g/mol. The molecule has 0 aromatic heterocycles. The molecule has 4 N–H and O–H groups in total. The molecule has 0 fully saturated rings. The molecule has 0 spiro atoms. The largest absolute Gasteiger partial charge is 0.399 e. The summed E-state index contributed by atoms with van der Waals surface area (Å²) in [6.07, 6.45) is -1.13. The number of rotatable bonds is 6. The number of benzene rings is 1. The number of aliphatic hydroxyl groups excluding tert-OH is 1. The van der Waals surface area contributed by atoms with Crippen molar-refractivity contribution in [2.75, 3.05) is 26.0 Å². The summed E-state index contributed by atoms with van der Waals surface area (Å²) in [7, 11) is -3.11. The van der Waals surface area contributed by atoms with Crippen LogP contribution in [-0.4, -0.2) is 39.9 Å². The van der Waals surface area contributed by atoms with Crippen molar-refractivity contribution in [3.8, 4) is 0 Å². The second-order valence-electron chi connectivity index (χ2n) is 3.77. The van der Waals surface area contributed by atoms with Crippen LogP contribution in [0.1, 0.15) is 0 Å². The molecule has 1 atom stereocenters. The van der Waals surface area contributed by atoms with Crippen LogP contribution in [0.25, 0.3) is 0 Å². The molecule has 0 amide bonds. The maximum absolute atomic E-state index is 13.5. The van der Waals surface area contributed by atoms with Crippen molar-refractivity contribution < 1.29 is 27.0 Å². The smallest absolute Gasteiger partial charge is 0.246 e. The molecule has 0 saturated heterocycles. The minimum atomic E-state index is -4.42. The third-order valence-corrected chi connectivity index (χ3v) is 3.63. The maximum Gasteiger partial charge on any atom is 0.246 e. The molecule has 9 heteroatoms. The van der Waals surface area contributed by atoms with Gasteiger partial charge in [0.1, 0.15) is 11.6 Å². The minimum absolute atomic E-state index is 0.116. The van der Waals surface area contributed by atoms with E-state index in [-0.39, 0.29) is 12.3 Å². The van der Waals surface area contributed by atoms with Crippen LogP contribution in [0.2, 0.25) is 0 Å². The zero-order chi connectivity index (χ0) is 14.6. The lowest BCUT2D eigenvalue weighted by atomic mass is 10.3. The minimum Gasteiger partial charge on any atom is -0.399 e. The van der Waals surface area contributed by atoms with Gasteiger partial charge in [-0.2, -0.15) is 0 Å². The lowest BCUT2D eigenvalue weighted by Crippen LogP contribution is -2.35. The number of aliphatic hydroxyl groups is 1. The van der Waals surface area contributed by atoms with E-state index in [0.717, 1.165) is 0 Å². The number of nitrogens with two attached hydrogens (primary N) is 1. The quantitative estimate of drug-likeness (QED) is 0.633. The first-order valence-electron chi connectivity index (χ1n) is 5.19. The number of nitrogen functional groups attached to an aromatic ring is 1. The second-order valence-corrected chi connectivity index (χ2v) is 5.48. The molecule has 1 unspecified atom stereocenters. The Labute approximate surface area is 109 Å². The third-order valence-electron chi connectivity index (χ3n) is 2.16. The van der Waals surface area contributed by atoms with Crippen LogP contribution < -0.4 is 10.5 Å². The van der Waals surface area contributed by atoms with Gasteiger partial charge >= 0.3 is 0 Å². The summed E-state index contributed by atoms with van der Waals surface area (Å²) in [4.78, 5) is -1.13. The zero-order valence-corrected chi connectivity index (χ0v) is 10.9. The molecule has 0 aliphatic carbocycles. The topological polar surface area (TPSA) is 102 Å². The molecular weight excluding hydrogens is 282 g/mol. The third kappa shape index (κ3) is 4.10. The van der Waals surface area contributed by atoms with Crippen molar-refractivity contribution in [3.63, 3.8) is 0 Å². The van der Waals surface area contributed by atoms with Gasteiger partial charge in [0.2, 0.25) is 10.0 Å². The lowest BCUT2D eigenvalue weighted by Gasteiger charge is -2.12. The highest BCUT2D eigenvalue weighted by Crippen LogP contribution is 2.21. The summed E-state index contributed by atoms with van der Waals surface area (Å²) in [5.41, 5.74) is 4.95. The summed E-state index contributed by atoms with van der Waals surface area (Å²) in [5.74, 6) is -2.60. The Hall–Kier alpha value is -1.29. The van der Waals surface area contributed by atoms with Crippen LogP contribution in [0.4, 0.5) is 14.5 Å². The fourth-order valence-corrected chi connectivity index (χ4v) is 2.55. The highest BCUT2D eigenvalue weighted by atomic mass is 32.2. The molecule has 108 valence electrons. The molecule has 1 aromatic carbocycles. The molecule has 0 aliphatic heterocycles. The van der Waals surface area contributed by atoms with Gasteiger partial charge in [-0.15, -0.1) is 0 Å². The van der Waals surface area contributed by atoms with Crippen molar-refractivity contribution >= 4 is 15.7 Å². The Morgan fingerprint density at radius 1 is 1.42 bits per heavy atom. The Morgan fingerprint density at radius 3 is 2.42 bits per heavy atom. The molecule has 1 aromatic rings. The fraction of sp³-hybridized carbons (Fsp3) is 0.400. The van der Waals surface area contributed by atoms with E-state index in [1.54, 1.807) is 0 Å². The molecular formula is C10H14F2N2O4S. The Kier molecular flexibility index (Phi) is 5.18. The second kappa shape index (κ2) is 6.24. The first-order chi connectivity index (χ1) is 8.77. The number of hydrogen-bond donors (Lipinski definition) is 3. The van der Waals surface area contributed by atoms with Gasteiger partial charge in [0.25, 0.3) is 0 Å². The van der Waals surface area contributed by atoms with Gasteiger partial charge in [-0.05, 0) is 12.1 Å². The summed E-state index contributed by atoms with van der Waals surface area (Å²) < 4.78 is 56.8. The first-order valence-corrected chi connectivity index (χ1v) is 6.67. The predicted molar refractivity (Wildman–Crippen MR) is 63.8 cm³/mol. The van der Waals surface area contributed by atoms with Gasteiger partial charge in [-0.1, -0.05) is 0 Å². The molecule has 19 heavy (non-hydrogen) atoms. The van der Waals surface area contributed by atoms with Crippen LogP contribution in [0.15, 0.2) is 17.0 Å². The van der Waals surface area contributed by atoms with Gasteiger partial charge in [0.15, 0.2) is 4.90 Å². The Bertz CT molecular complexity index is 527. The van der Waals surface area contributed by atoms with Crippen LogP contribution in [0.3, 0.4) is 0 Å². The van der Waals surface area contributed by atoms with E-state index in [0.29, 0.717) is 12.1 Å². The van der Waals surface area contributed by atoms with Gasteiger partial charge in [0.05, 0.1) is 12.7 Å². The lowest BCUT2D eigenvalue weighted by molar-refractivity contribution is 0.0679. The van der Waals surface area contributed by atoms with Gasteiger partial charge in [-0.25, -0.2) is 21.9 Å². The Morgan fingerprint density at radius 2 is 1.95 bits per heavy atom. The highest BCUT2D eigenvalue weighted by Gasteiger charge is 2.25. The predicted octanol–water partition coefficient (Wildman–Crippen LogP) is -0.167. The fourth-order valence-electron chi connectivity index (χ4n) is 1.37. The van der Waals surface area contributed by atoms with Crippen molar-refractivity contribution in [2.24, 2.45) is 0 Å². The maximum atomic E-state index is 13.5. The number of halogens is 2. The van der Waals surface area contributed by atoms with Crippen molar-refractivity contribution in [1.29, 1.82) is 0 Å². The molecule has 0 radical (unpaired) electrons. The van der Waals surface area contributed by atoms with Crippen LogP contribution in [-0.2, 0) is 14.8 Å². The summed E-state index contributed by atoms with van der Waals surface area (Å²) in [5, 5.41) is 9.28. The number of methoxy groups -OCH3 is 1. The molecule has 1 rings (SSSR count). The standard InChI is InChI=1S/C10H14F2N2O4S/c1-18-5-7(15)4-14-19(16,17)10-8(11)2-6(13)3-9(10)12/h2-3,7,14-15H,4-5,13H2,1H3. The SMILES string of the molecule is COCC(O)CNS(=O)(=O)c1c(F)cc(N)cc1F. The monoisotopic (exact) mass is 296 g/mol. The molecule has 0 bridgehead atoms. The summed E-state index contributed by atoms with van der Waals surface area (Å²) in [6, 6.07) is 1.40. The summed E-state index contributed by atoms with van der Waals surface area (Å²) >= 11 is 0. The number of anilines is 1. The van der Waals surface area contributed by atoms with Crippen molar-refractivity contribution in [2.45, 2.75) is 11.0 Å². The van der Waals surface area contributed by atoms with E-state index in [1.165, 1.54) is 7.11 Å². The zero-order valence-electron chi connectivity index (χ0n) is 10.1. The van der Waals surface area contributed by atoms with Crippen LogP contribution >= 0.6 is 0 Å². The van der Waals surface area contributed by atoms with E-state index in [1.807, 2.05) is 4.72 Å². The summed E-state index contributed by atoms with van der Waals surface area (Å²) in [6.45, 7) is -0.547. The number of ether oxygens (including phenoxy) is 1. The van der Waals surface area contributed by atoms with Crippen molar-refractivity contribution in [1.82, 2.24) is 4.72 Å². The van der Waals surface area contributed by atoms with E-state index in [9.17, 15) is 22.3 Å². The number of sulfonamides is 1. The first kappa shape index (κ1) is 15.8. The molecule has 0 saturated carbocycles. The molecule has 6 nitrogen and oxygen atoms in total. The highest BCUT2D eigenvalue weighted by molar-refractivity contribution is 7.89. The average Bonchev–Trinajstić information content (AvgIpc) is 2.25. The van der Waals surface area contributed by atoms with E-state index in [4.69, 9.17) is 5.73 Å². The van der Waals surface area contributed by atoms with Crippen molar-refractivity contribution in [3.05, 3.63) is 23.8 Å². The normalized spacial score (nSPS) is 13.5.